The minimum absolute atomic E-state index is 0.221. The van der Waals surface area contributed by atoms with Gasteiger partial charge in [0, 0.05) is 24.6 Å². The van der Waals surface area contributed by atoms with E-state index in [4.69, 9.17) is 4.74 Å². The summed E-state index contributed by atoms with van der Waals surface area (Å²) in [4.78, 5) is 16.0. The molecule has 1 atom stereocenters. The van der Waals surface area contributed by atoms with E-state index in [0.717, 1.165) is 34.5 Å². The van der Waals surface area contributed by atoms with Crippen LogP contribution >= 0.6 is 0 Å². The van der Waals surface area contributed by atoms with Gasteiger partial charge in [0.2, 0.25) is 0 Å². The highest BCUT2D eigenvalue weighted by atomic mass is 19.1. The van der Waals surface area contributed by atoms with Crippen molar-refractivity contribution >= 4 is 17.0 Å². The number of ether oxygens (including phenoxy) is 1. The highest BCUT2D eigenvalue weighted by molar-refractivity contribution is 5.78. The first-order valence-electron chi connectivity index (χ1n) is 8.50. The molecule has 3 aromatic rings. The number of benzene rings is 2. The molecular formula is C20H21FN2O2. The molecule has 0 fully saturated rings. The van der Waals surface area contributed by atoms with E-state index < -0.39 is 0 Å². The van der Waals surface area contributed by atoms with Crippen molar-refractivity contribution in [2.75, 3.05) is 0 Å². The largest absolute Gasteiger partial charge is 0.458 e. The van der Waals surface area contributed by atoms with Crippen molar-refractivity contribution in [3.05, 3.63) is 59.7 Å². The standard InChI is InChI=1S/C20H21FN2O2/c1-4-19-22-17-11-8-15(21)12-18(17)23(19)16-9-6-14(7-10-16)13(3)25-20(24)5-2/h6-13H,4-5H2,1-3H3. The van der Waals surface area contributed by atoms with E-state index in [1.165, 1.54) is 12.1 Å². The van der Waals surface area contributed by atoms with E-state index in [-0.39, 0.29) is 17.9 Å². The lowest BCUT2D eigenvalue weighted by Crippen LogP contribution is -2.07. The number of fused-ring (bicyclic) bond motifs is 1. The van der Waals surface area contributed by atoms with Crippen LogP contribution in [-0.4, -0.2) is 15.5 Å². The lowest BCUT2D eigenvalue weighted by molar-refractivity contribution is -0.148. The molecule has 0 bridgehead atoms. The van der Waals surface area contributed by atoms with Crippen LogP contribution in [0.2, 0.25) is 0 Å². The molecule has 1 aromatic heterocycles. The molecule has 0 saturated carbocycles. The Labute approximate surface area is 146 Å². The Kier molecular flexibility index (Phi) is 4.83. The van der Waals surface area contributed by atoms with Crippen LogP contribution in [0.1, 0.15) is 44.7 Å². The quantitative estimate of drug-likeness (QED) is 0.630. The van der Waals surface area contributed by atoms with E-state index in [1.807, 2.05) is 42.7 Å². The second kappa shape index (κ2) is 7.05. The molecule has 0 radical (unpaired) electrons. The van der Waals surface area contributed by atoms with Crippen molar-refractivity contribution in [3.8, 4) is 5.69 Å². The van der Waals surface area contributed by atoms with Gasteiger partial charge in [0.25, 0.3) is 0 Å². The third-order valence-corrected chi connectivity index (χ3v) is 4.22. The van der Waals surface area contributed by atoms with E-state index in [0.29, 0.717) is 6.42 Å². The zero-order valence-electron chi connectivity index (χ0n) is 14.6. The Balaban J connectivity index is 1.98. The van der Waals surface area contributed by atoms with Gasteiger partial charge in [0.15, 0.2) is 0 Å². The van der Waals surface area contributed by atoms with Gasteiger partial charge in [-0.05, 0) is 36.8 Å². The summed E-state index contributed by atoms with van der Waals surface area (Å²) in [6, 6.07) is 12.3. The van der Waals surface area contributed by atoms with Gasteiger partial charge in [-0.15, -0.1) is 0 Å². The molecule has 5 heteroatoms. The fourth-order valence-electron chi connectivity index (χ4n) is 2.87. The van der Waals surface area contributed by atoms with Crippen LogP contribution in [0.25, 0.3) is 16.7 Å². The van der Waals surface area contributed by atoms with Crippen molar-refractivity contribution in [1.82, 2.24) is 9.55 Å². The van der Waals surface area contributed by atoms with Crippen LogP contribution in [0, 0.1) is 5.82 Å². The number of carbonyl (C=O) groups excluding carboxylic acids is 1. The van der Waals surface area contributed by atoms with Gasteiger partial charge >= 0.3 is 5.97 Å². The zero-order chi connectivity index (χ0) is 18.0. The fourth-order valence-corrected chi connectivity index (χ4v) is 2.87. The molecule has 0 N–H and O–H groups in total. The molecule has 0 amide bonds. The number of nitrogens with zero attached hydrogens (tertiary/aromatic N) is 2. The molecule has 2 aromatic carbocycles. The van der Waals surface area contributed by atoms with Gasteiger partial charge in [-0.2, -0.15) is 0 Å². The predicted octanol–water partition coefficient (Wildman–Crippen LogP) is 4.74. The number of halogens is 1. The molecule has 1 unspecified atom stereocenters. The summed E-state index contributed by atoms with van der Waals surface area (Å²) in [7, 11) is 0. The molecule has 3 rings (SSSR count). The second-order valence-corrected chi connectivity index (χ2v) is 5.93. The first kappa shape index (κ1) is 17.1. The van der Waals surface area contributed by atoms with Crippen LogP contribution in [0.4, 0.5) is 4.39 Å². The molecule has 130 valence electrons. The van der Waals surface area contributed by atoms with Crippen molar-refractivity contribution < 1.29 is 13.9 Å². The monoisotopic (exact) mass is 340 g/mol. The highest BCUT2D eigenvalue weighted by Gasteiger charge is 2.14. The summed E-state index contributed by atoms with van der Waals surface area (Å²) in [6.45, 7) is 5.64. The van der Waals surface area contributed by atoms with Crippen LogP contribution in [0.5, 0.6) is 0 Å². The molecule has 0 aliphatic heterocycles. The van der Waals surface area contributed by atoms with Gasteiger partial charge < -0.3 is 4.74 Å². The van der Waals surface area contributed by atoms with Gasteiger partial charge in [0.05, 0.1) is 11.0 Å². The van der Waals surface area contributed by atoms with Crippen molar-refractivity contribution in [1.29, 1.82) is 0 Å². The molecule has 4 nitrogen and oxygen atoms in total. The summed E-state index contributed by atoms with van der Waals surface area (Å²) in [5, 5.41) is 0. The van der Waals surface area contributed by atoms with Gasteiger partial charge in [-0.3, -0.25) is 9.36 Å². The van der Waals surface area contributed by atoms with Crippen LogP contribution in [0.3, 0.4) is 0 Å². The maximum absolute atomic E-state index is 13.7. The number of hydrogen-bond acceptors (Lipinski definition) is 3. The Morgan fingerprint density at radius 1 is 1.20 bits per heavy atom. The number of rotatable bonds is 5. The van der Waals surface area contributed by atoms with E-state index in [1.54, 1.807) is 13.0 Å². The smallest absolute Gasteiger partial charge is 0.306 e. The zero-order valence-corrected chi connectivity index (χ0v) is 14.6. The number of carbonyl (C=O) groups is 1. The van der Waals surface area contributed by atoms with Crippen molar-refractivity contribution in [2.45, 2.75) is 39.7 Å². The van der Waals surface area contributed by atoms with Crippen molar-refractivity contribution in [2.24, 2.45) is 0 Å². The Bertz CT molecular complexity index is 900. The third kappa shape index (κ3) is 3.40. The molecule has 0 spiro atoms. The number of imidazole rings is 1. The van der Waals surface area contributed by atoms with E-state index in [9.17, 15) is 9.18 Å². The Hall–Kier alpha value is -2.69. The average Bonchev–Trinajstić information content (AvgIpc) is 2.99. The van der Waals surface area contributed by atoms with E-state index >= 15 is 0 Å². The summed E-state index contributed by atoms with van der Waals surface area (Å²) in [5.74, 6) is 0.368. The number of esters is 1. The molecular weight excluding hydrogens is 319 g/mol. The van der Waals surface area contributed by atoms with Crippen LogP contribution < -0.4 is 0 Å². The first-order chi connectivity index (χ1) is 12.0. The Morgan fingerprint density at radius 2 is 1.92 bits per heavy atom. The summed E-state index contributed by atoms with van der Waals surface area (Å²) < 4.78 is 21.0. The summed E-state index contributed by atoms with van der Waals surface area (Å²) in [5.41, 5.74) is 3.34. The van der Waals surface area contributed by atoms with Crippen molar-refractivity contribution in [3.63, 3.8) is 0 Å². The van der Waals surface area contributed by atoms with Gasteiger partial charge in [-0.1, -0.05) is 26.0 Å². The third-order valence-electron chi connectivity index (χ3n) is 4.22. The maximum atomic E-state index is 13.7. The number of aromatic nitrogens is 2. The summed E-state index contributed by atoms with van der Waals surface area (Å²) >= 11 is 0. The Morgan fingerprint density at radius 3 is 2.56 bits per heavy atom. The molecule has 0 aliphatic rings. The lowest BCUT2D eigenvalue weighted by atomic mass is 10.1. The fraction of sp³-hybridized carbons (Fsp3) is 0.300. The van der Waals surface area contributed by atoms with Gasteiger partial charge in [-0.25, -0.2) is 9.37 Å². The number of hydrogen-bond donors (Lipinski definition) is 0. The molecule has 0 aliphatic carbocycles. The minimum atomic E-state index is -0.302. The predicted molar refractivity (Wildman–Crippen MR) is 95.2 cm³/mol. The normalized spacial score (nSPS) is 12.3. The molecule has 0 saturated heterocycles. The summed E-state index contributed by atoms with van der Waals surface area (Å²) in [6.07, 6.45) is 0.793. The molecule has 1 heterocycles. The lowest BCUT2D eigenvalue weighted by Gasteiger charge is -2.14. The maximum Gasteiger partial charge on any atom is 0.306 e. The SMILES string of the molecule is CCC(=O)OC(C)c1ccc(-n2c(CC)nc3ccc(F)cc32)cc1. The van der Waals surface area contributed by atoms with E-state index in [2.05, 4.69) is 4.98 Å². The van der Waals surface area contributed by atoms with Crippen LogP contribution in [0.15, 0.2) is 42.5 Å². The minimum Gasteiger partial charge on any atom is -0.458 e. The van der Waals surface area contributed by atoms with Gasteiger partial charge in [0.1, 0.15) is 17.7 Å². The van der Waals surface area contributed by atoms with Crippen LogP contribution in [-0.2, 0) is 16.0 Å². The average molecular weight is 340 g/mol. The first-order valence-corrected chi connectivity index (χ1v) is 8.50. The topological polar surface area (TPSA) is 44.1 Å². The molecule has 25 heavy (non-hydrogen) atoms. The second-order valence-electron chi connectivity index (χ2n) is 5.93. The number of aryl methyl sites for hydroxylation is 1. The highest BCUT2D eigenvalue weighted by Crippen LogP contribution is 2.25.